The maximum atomic E-state index is 12.3. The fourth-order valence-electron chi connectivity index (χ4n) is 2.65. The number of carbonyl (C=O) groups excluding carboxylic acids is 1. The zero-order valence-corrected chi connectivity index (χ0v) is 17.0. The average Bonchev–Trinajstić information content (AvgIpc) is 3.07. The predicted molar refractivity (Wildman–Crippen MR) is 109 cm³/mol. The van der Waals surface area contributed by atoms with Crippen LogP contribution in [-0.4, -0.2) is 27.3 Å². The summed E-state index contributed by atoms with van der Waals surface area (Å²) in [5.41, 5.74) is 3.55. The van der Waals surface area contributed by atoms with Crippen LogP contribution in [0.4, 0.5) is 0 Å². The molecule has 3 rings (SSSR count). The van der Waals surface area contributed by atoms with E-state index >= 15 is 0 Å². The van der Waals surface area contributed by atoms with Gasteiger partial charge < -0.3 is 4.74 Å². The van der Waals surface area contributed by atoms with Crippen molar-refractivity contribution in [3.05, 3.63) is 41.5 Å². The molecule has 0 aliphatic carbocycles. The first-order valence-electron chi connectivity index (χ1n) is 8.64. The number of rotatable bonds is 6. The summed E-state index contributed by atoms with van der Waals surface area (Å²) in [6.07, 6.45) is 2.58. The molecule has 136 valence electrons. The van der Waals surface area contributed by atoms with Gasteiger partial charge >= 0.3 is 5.97 Å². The van der Waals surface area contributed by atoms with E-state index in [0.717, 1.165) is 32.8 Å². The topological polar surface area (TPSA) is 52.1 Å². The first-order valence-corrected chi connectivity index (χ1v) is 10.3. The lowest BCUT2D eigenvalue weighted by atomic mass is 10.0. The maximum Gasteiger partial charge on any atom is 0.322 e. The normalized spacial score (nSPS) is 11.7. The number of ether oxygens (including phenoxy) is 1. The van der Waals surface area contributed by atoms with Gasteiger partial charge in [-0.3, -0.25) is 4.79 Å². The van der Waals surface area contributed by atoms with Gasteiger partial charge in [0.15, 0.2) is 0 Å². The van der Waals surface area contributed by atoms with E-state index in [-0.39, 0.29) is 5.97 Å². The van der Waals surface area contributed by atoms with Gasteiger partial charge in [-0.1, -0.05) is 43.0 Å². The molecule has 2 aromatic heterocycles. The Bertz CT molecular complexity index is 917. The average molecular weight is 387 g/mol. The molecule has 6 heteroatoms. The van der Waals surface area contributed by atoms with Crippen LogP contribution in [0.5, 0.6) is 0 Å². The van der Waals surface area contributed by atoms with Crippen LogP contribution in [-0.2, 0) is 16.0 Å². The van der Waals surface area contributed by atoms with E-state index < -0.39 is 4.75 Å². The molecule has 2 heterocycles. The van der Waals surface area contributed by atoms with Crippen molar-refractivity contribution in [3.8, 4) is 11.1 Å². The Morgan fingerprint density at radius 1 is 1.19 bits per heavy atom. The molecule has 0 aliphatic heterocycles. The van der Waals surface area contributed by atoms with Crippen molar-refractivity contribution in [3.63, 3.8) is 0 Å². The van der Waals surface area contributed by atoms with Gasteiger partial charge in [0.05, 0.1) is 12.0 Å². The molecular weight excluding hydrogens is 364 g/mol. The number of aryl methyl sites for hydroxylation is 1. The Kier molecular flexibility index (Phi) is 5.63. The van der Waals surface area contributed by atoms with Crippen LogP contribution in [0, 0.1) is 0 Å². The Labute approximate surface area is 162 Å². The van der Waals surface area contributed by atoms with Crippen molar-refractivity contribution in [2.45, 2.75) is 43.9 Å². The molecule has 0 saturated heterocycles. The van der Waals surface area contributed by atoms with Crippen molar-refractivity contribution in [2.75, 3.05) is 6.61 Å². The molecule has 0 bridgehead atoms. The first-order chi connectivity index (χ1) is 12.5. The quantitative estimate of drug-likeness (QED) is 0.324. The Hall–Kier alpha value is -1.92. The minimum atomic E-state index is -0.720. The number of hydrogen-bond donors (Lipinski definition) is 0. The molecule has 0 aliphatic rings. The fraction of sp³-hybridized carbons (Fsp3) is 0.350. The number of aromatic nitrogens is 2. The lowest BCUT2D eigenvalue weighted by molar-refractivity contribution is -0.145. The second-order valence-electron chi connectivity index (χ2n) is 6.39. The van der Waals surface area contributed by atoms with Gasteiger partial charge in [-0.05, 0) is 38.3 Å². The van der Waals surface area contributed by atoms with Crippen LogP contribution in [0.3, 0.4) is 0 Å². The summed E-state index contributed by atoms with van der Waals surface area (Å²) < 4.78 is 4.49. The number of nitrogens with zero attached hydrogens (tertiary/aromatic N) is 2. The lowest BCUT2D eigenvalue weighted by Gasteiger charge is -2.21. The van der Waals surface area contributed by atoms with Crippen molar-refractivity contribution in [2.24, 2.45) is 0 Å². The standard InChI is InChI=1S/C20H22N2O2S2/c1-5-13-7-9-14(10-8-13)15-11-25-17-16(15)18(22-12-21-17)26-20(3,4)19(23)24-6-2/h7-12H,5-6H2,1-4H3. The van der Waals surface area contributed by atoms with Gasteiger partial charge in [-0.15, -0.1) is 11.3 Å². The van der Waals surface area contributed by atoms with Crippen LogP contribution in [0.15, 0.2) is 41.0 Å². The molecular formula is C20H22N2O2S2. The smallest absolute Gasteiger partial charge is 0.322 e. The van der Waals surface area contributed by atoms with Gasteiger partial charge in [0.2, 0.25) is 0 Å². The summed E-state index contributed by atoms with van der Waals surface area (Å²) in [4.78, 5) is 22.1. The van der Waals surface area contributed by atoms with Crippen LogP contribution in [0.1, 0.15) is 33.3 Å². The predicted octanol–water partition coefficient (Wildman–Crippen LogP) is 5.35. The van der Waals surface area contributed by atoms with Crippen molar-refractivity contribution in [1.82, 2.24) is 9.97 Å². The van der Waals surface area contributed by atoms with Gasteiger partial charge in [0.1, 0.15) is 20.9 Å². The van der Waals surface area contributed by atoms with Crippen molar-refractivity contribution in [1.29, 1.82) is 0 Å². The number of hydrogen-bond acceptors (Lipinski definition) is 6. The van der Waals surface area contributed by atoms with Crippen LogP contribution in [0.25, 0.3) is 21.3 Å². The first kappa shape index (κ1) is 18.9. The minimum Gasteiger partial charge on any atom is -0.465 e. The van der Waals surface area contributed by atoms with Crippen LogP contribution >= 0.6 is 23.1 Å². The molecule has 0 radical (unpaired) electrons. The summed E-state index contributed by atoms with van der Waals surface area (Å²) in [6, 6.07) is 8.58. The summed E-state index contributed by atoms with van der Waals surface area (Å²) in [5, 5.41) is 3.93. The SMILES string of the molecule is CCOC(=O)C(C)(C)Sc1ncnc2scc(-c3ccc(CC)cc3)c12. The highest BCUT2D eigenvalue weighted by Gasteiger charge is 2.32. The molecule has 26 heavy (non-hydrogen) atoms. The summed E-state index contributed by atoms with van der Waals surface area (Å²) in [5.74, 6) is -0.235. The molecule has 0 amide bonds. The van der Waals surface area contributed by atoms with Gasteiger partial charge in [0.25, 0.3) is 0 Å². The highest BCUT2D eigenvalue weighted by atomic mass is 32.2. The van der Waals surface area contributed by atoms with E-state index in [4.69, 9.17) is 4.74 Å². The highest BCUT2D eigenvalue weighted by Crippen LogP contribution is 2.42. The van der Waals surface area contributed by atoms with Crippen LogP contribution < -0.4 is 0 Å². The number of thioether (sulfide) groups is 1. The molecule has 0 fully saturated rings. The molecule has 0 saturated carbocycles. The number of esters is 1. The number of fused-ring (bicyclic) bond motifs is 1. The van der Waals surface area contributed by atoms with Gasteiger partial charge in [-0.2, -0.15) is 0 Å². The number of thiophene rings is 1. The fourth-order valence-corrected chi connectivity index (χ4v) is 4.66. The molecule has 0 spiro atoms. The van der Waals surface area contributed by atoms with E-state index in [1.807, 2.05) is 20.8 Å². The molecule has 3 aromatic rings. The third-order valence-corrected chi connectivity index (χ3v) is 6.19. The largest absolute Gasteiger partial charge is 0.465 e. The third kappa shape index (κ3) is 3.76. The van der Waals surface area contributed by atoms with E-state index in [1.54, 1.807) is 17.7 Å². The third-order valence-electron chi connectivity index (χ3n) is 4.13. The molecule has 0 unspecified atom stereocenters. The monoisotopic (exact) mass is 386 g/mol. The second-order valence-corrected chi connectivity index (χ2v) is 8.86. The molecule has 4 nitrogen and oxygen atoms in total. The molecule has 0 atom stereocenters. The van der Waals surface area contributed by atoms with Crippen molar-refractivity contribution < 1.29 is 9.53 Å². The van der Waals surface area contributed by atoms with Gasteiger partial charge in [0, 0.05) is 10.9 Å². The Morgan fingerprint density at radius 2 is 1.92 bits per heavy atom. The van der Waals surface area contributed by atoms with E-state index in [1.165, 1.54) is 17.3 Å². The number of carbonyl (C=O) groups is 1. The van der Waals surface area contributed by atoms with E-state index in [0.29, 0.717) is 6.61 Å². The number of benzene rings is 1. The second kappa shape index (κ2) is 7.76. The molecule has 1 aromatic carbocycles. The maximum absolute atomic E-state index is 12.3. The Morgan fingerprint density at radius 3 is 2.58 bits per heavy atom. The van der Waals surface area contributed by atoms with E-state index in [2.05, 4.69) is 46.5 Å². The lowest BCUT2D eigenvalue weighted by Crippen LogP contribution is -2.30. The Balaban J connectivity index is 2.04. The van der Waals surface area contributed by atoms with E-state index in [9.17, 15) is 4.79 Å². The molecule has 0 N–H and O–H groups in total. The zero-order valence-electron chi connectivity index (χ0n) is 15.4. The van der Waals surface area contributed by atoms with Gasteiger partial charge in [-0.25, -0.2) is 9.97 Å². The summed E-state index contributed by atoms with van der Waals surface area (Å²) in [6.45, 7) is 8.07. The van der Waals surface area contributed by atoms with Crippen LogP contribution in [0.2, 0.25) is 0 Å². The highest BCUT2D eigenvalue weighted by molar-refractivity contribution is 8.01. The summed E-state index contributed by atoms with van der Waals surface area (Å²) in [7, 11) is 0. The minimum absolute atomic E-state index is 0.235. The van der Waals surface area contributed by atoms with Crippen molar-refractivity contribution >= 4 is 39.3 Å². The summed E-state index contributed by atoms with van der Waals surface area (Å²) >= 11 is 3.02. The zero-order chi connectivity index (χ0) is 18.7.